The fourth-order valence-corrected chi connectivity index (χ4v) is 6.63. The highest BCUT2D eigenvalue weighted by atomic mass is 28.3. The van der Waals surface area contributed by atoms with Crippen molar-refractivity contribution in [2.24, 2.45) is 5.92 Å². The van der Waals surface area contributed by atoms with Crippen molar-refractivity contribution in [3.63, 3.8) is 0 Å². The minimum absolute atomic E-state index is 0.0205. The molecule has 0 radical (unpaired) electrons. The molecule has 4 atom stereocenters. The van der Waals surface area contributed by atoms with Crippen molar-refractivity contribution in [2.75, 3.05) is 13.7 Å². The highest BCUT2D eigenvalue weighted by Gasteiger charge is 2.61. The standard InChI is InChI=1S/C14H30O4Si/c1-10-14(16,19(6,7)13(2,3)4)11(9-15)8-12(17-5)18-10/h10-12,15-16H,8-9H2,1-7H3/t10-,11+,12+,14+/m0/s1. The van der Waals surface area contributed by atoms with E-state index in [0.29, 0.717) is 6.42 Å². The van der Waals surface area contributed by atoms with E-state index >= 15 is 0 Å². The summed E-state index contributed by atoms with van der Waals surface area (Å²) in [6, 6.07) is 0. The number of ether oxygens (including phenoxy) is 2. The van der Waals surface area contributed by atoms with Crippen LogP contribution < -0.4 is 0 Å². The molecule has 0 bridgehead atoms. The summed E-state index contributed by atoms with van der Waals surface area (Å²) in [4.78, 5) is 0. The van der Waals surface area contributed by atoms with E-state index in [1.165, 1.54) is 0 Å². The van der Waals surface area contributed by atoms with Gasteiger partial charge in [-0.2, -0.15) is 0 Å². The first kappa shape index (κ1) is 17.1. The minimum atomic E-state index is -2.10. The smallest absolute Gasteiger partial charge is 0.158 e. The molecule has 2 N–H and O–H groups in total. The molecule has 0 unspecified atom stereocenters. The molecular formula is C14H30O4Si. The van der Waals surface area contributed by atoms with E-state index in [9.17, 15) is 10.2 Å². The van der Waals surface area contributed by atoms with Gasteiger partial charge in [-0.05, 0) is 12.0 Å². The zero-order valence-electron chi connectivity index (χ0n) is 13.4. The second kappa shape index (κ2) is 5.45. The monoisotopic (exact) mass is 290 g/mol. The topological polar surface area (TPSA) is 58.9 Å². The van der Waals surface area contributed by atoms with Gasteiger partial charge in [0, 0.05) is 26.1 Å². The Bertz CT molecular complexity index is 313. The Hall–Kier alpha value is 0.0569. The third-order valence-electron chi connectivity index (χ3n) is 5.43. The molecule has 0 amide bonds. The molecular weight excluding hydrogens is 260 g/mol. The Morgan fingerprint density at radius 3 is 2.26 bits per heavy atom. The van der Waals surface area contributed by atoms with Crippen molar-refractivity contribution in [1.29, 1.82) is 0 Å². The van der Waals surface area contributed by atoms with Gasteiger partial charge in [0.15, 0.2) is 6.29 Å². The third-order valence-corrected chi connectivity index (χ3v) is 12.0. The average molecular weight is 290 g/mol. The largest absolute Gasteiger partial charge is 0.396 e. The van der Waals surface area contributed by atoms with E-state index in [1.54, 1.807) is 7.11 Å². The quantitative estimate of drug-likeness (QED) is 0.782. The van der Waals surface area contributed by atoms with Crippen LogP contribution in [0.25, 0.3) is 0 Å². The lowest BCUT2D eigenvalue weighted by molar-refractivity contribution is -0.245. The molecule has 0 aromatic heterocycles. The fraction of sp³-hybridized carbons (Fsp3) is 1.00. The maximum atomic E-state index is 11.4. The number of aliphatic hydroxyl groups is 2. The van der Waals surface area contributed by atoms with Gasteiger partial charge in [-0.3, -0.25) is 0 Å². The van der Waals surface area contributed by atoms with Gasteiger partial charge in [0.05, 0.1) is 19.4 Å². The first-order valence-corrected chi connectivity index (χ1v) is 10.0. The van der Waals surface area contributed by atoms with Crippen LogP contribution in [0.15, 0.2) is 0 Å². The zero-order valence-corrected chi connectivity index (χ0v) is 14.4. The molecule has 0 aliphatic carbocycles. The number of aliphatic hydroxyl groups excluding tert-OH is 1. The highest BCUT2D eigenvalue weighted by Crippen LogP contribution is 2.50. The lowest BCUT2D eigenvalue weighted by atomic mass is 9.91. The molecule has 0 spiro atoms. The van der Waals surface area contributed by atoms with Crippen LogP contribution in [0.4, 0.5) is 0 Å². The Morgan fingerprint density at radius 2 is 1.89 bits per heavy atom. The normalized spacial score (nSPS) is 37.4. The van der Waals surface area contributed by atoms with E-state index in [-0.39, 0.29) is 30.0 Å². The van der Waals surface area contributed by atoms with Gasteiger partial charge in [-0.25, -0.2) is 0 Å². The van der Waals surface area contributed by atoms with Gasteiger partial charge in [0.2, 0.25) is 0 Å². The molecule has 114 valence electrons. The zero-order chi connectivity index (χ0) is 15.1. The van der Waals surface area contributed by atoms with E-state index in [1.807, 2.05) is 6.92 Å². The van der Waals surface area contributed by atoms with Gasteiger partial charge in [0.25, 0.3) is 0 Å². The molecule has 0 saturated carbocycles. The molecule has 5 heteroatoms. The van der Waals surface area contributed by atoms with Crippen LogP contribution in [0.3, 0.4) is 0 Å². The molecule has 1 aliphatic heterocycles. The summed E-state index contributed by atoms with van der Waals surface area (Å²) in [5.74, 6) is -0.193. The number of hydrogen-bond donors (Lipinski definition) is 2. The first-order valence-electron chi connectivity index (χ1n) is 7.03. The average Bonchev–Trinajstić information content (AvgIpc) is 2.30. The molecule has 0 aromatic carbocycles. The van der Waals surface area contributed by atoms with Crippen LogP contribution in [0.5, 0.6) is 0 Å². The van der Waals surface area contributed by atoms with E-state index in [0.717, 1.165) is 0 Å². The number of rotatable bonds is 3. The van der Waals surface area contributed by atoms with Crippen LogP contribution in [-0.4, -0.2) is 49.6 Å². The SMILES string of the molecule is CO[C@H]1C[C@H](CO)[C@](O)([Si](C)(C)C(C)(C)C)[C@H](C)O1. The summed E-state index contributed by atoms with van der Waals surface area (Å²) in [5, 5.41) is 20.2. The molecule has 19 heavy (non-hydrogen) atoms. The predicted molar refractivity (Wildman–Crippen MR) is 78.7 cm³/mol. The molecule has 1 saturated heterocycles. The molecule has 4 nitrogen and oxygen atoms in total. The van der Waals surface area contributed by atoms with Crippen LogP contribution in [0.2, 0.25) is 18.1 Å². The van der Waals surface area contributed by atoms with E-state index in [4.69, 9.17) is 9.47 Å². The first-order chi connectivity index (χ1) is 8.52. The predicted octanol–water partition coefficient (Wildman–Crippen LogP) is 2.16. The maximum Gasteiger partial charge on any atom is 0.158 e. The van der Waals surface area contributed by atoms with E-state index < -0.39 is 13.3 Å². The van der Waals surface area contributed by atoms with Gasteiger partial charge in [-0.1, -0.05) is 33.9 Å². The van der Waals surface area contributed by atoms with Gasteiger partial charge < -0.3 is 19.7 Å². The fourth-order valence-electron chi connectivity index (χ4n) is 3.12. The van der Waals surface area contributed by atoms with Crippen molar-refractivity contribution in [1.82, 2.24) is 0 Å². The molecule has 1 aliphatic rings. The number of methoxy groups -OCH3 is 1. The number of hydrogen-bond acceptors (Lipinski definition) is 4. The lowest BCUT2D eigenvalue weighted by Crippen LogP contribution is -2.72. The van der Waals surface area contributed by atoms with Crippen LogP contribution >= 0.6 is 0 Å². The summed E-state index contributed by atoms with van der Waals surface area (Å²) in [5.41, 5.74) is 0. The summed E-state index contributed by atoms with van der Waals surface area (Å²) in [7, 11) is -0.503. The van der Waals surface area contributed by atoms with Crippen molar-refractivity contribution in [3.05, 3.63) is 0 Å². The third kappa shape index (κ3) is 2.63. The second-order valence-electron chi connectivity index (χ2n) is 7.26. The minimum Gasteiger partial charge on any atom is -0.396 e. The molecule has 1 fully saturated rings. The van der Waals surface area contributed by atoms with Crippen LogP contribution in [0, 0.1) is 5.92 Å². The van der Waals surface area contributed by atoms with Crippen molar-refractivity contribution in [3.8, 4) is 0 Å². The van der Waals surface area contributed by atoms with Crippen molar-refractivity contribution in [2.45, 2.75) is 69.9 Å². The maximum absolute atomic E-state index is 11.4. The van der Waals surface area contributed by atoms with Gasteiger partial charge in [0.1, 0.15) is 0 Å². The molecule has 1 heterocycles. The van der Waals surface area contributed by atoms with Crippen LogP contribution in [-0.2, 0) is 9.47 Å². The lowest BCUT2D eigenvalue weighted by Gasteiger charge is -2.57. The van der Waals surface area contributed by atoms with Gasteiger partial charge in [-0.15, -0.1) is 0 Å². The Morgan fingerprint density at radius 1 is 1.37 bits per heavy atom. The summed E-state index contributed by atoms with van der Waals surface area (Å²) < 4.78 is 11.1. The Labute approximate surface area is 118 Å². The van der Waals surface area contributed by atoms with Crippen molar-refractivity contribution < 1.29 is 19.7 Å². The van der Waals surface area contributed by atoms with E-state index in [2.05, 4.69) is 33.9 Å². The molecule has 1 rings (SSSR count). The van der Waals surface area contributed by atoms with Crippen molar-refractivity contribution >= 4 is 8.07 Å². The highest BCUT2D eigenvalue weighted by molar-refractivity contribution is 6.83. The molecule has 0 aromatic rings. The second-order valence-corrected chi connectivity index (χ2v) is 12.8. The summed E-state index contributed by atoms with van der Waals surface area (Å²) in [6.07, 6.45) is -0.123. The summed E-state index contributed by atoms with van der Waals surface area (Å²) in [6.45, 7) is 12.7. The summed E-state index contributed by atoms with van der Waals surface area (Å²) >= 11 is 0. The van der Waals surface area contributed by atoms with Gasteiger partial charge >= 0.3 is 0 Å². The van der Waals surface area contributed by atoms with Crippen LogP contribution in [0.1, 0.15) is 34.1 Å². The Kier molecular flexibility index (Phi) is 4.90. The Balaban J connectivity index is 3.19.